The fraction of sp³-hybridized carbons (Fsp3) is 0.400. The summed E-state index contributed by atoms with van der Waals surface area (Å²) >= 11 is 0. The molecule has 32 heavy (non-hydrogen) atoms. The van der Waals surface area contributed by atoms with Crippen LogP contribution in [0.3, 0.4) is 0 Å². The van der Waals surface area contributed by atoms with Crippen LogP contribution in [0.2, 0.25) is 0 Å². The molecule has 1 fully saturated rings. The van der Waals surface area contributed by atoms with Crippen molar-refractivity contribution in [2.75, 3.05) is 36.6 Å². The van der Waals surface area contributed by atoms with Crippen LogP contribution in [-0.2, 0) is 0 Å². The standard InChI is InChI=1S/C25H32N6O/c1-16-7-6-9-20(26)22(16)24(32)27-15-17-11-13-18(14-12-17)28-25-29-21-10-5-4-8-19(21)23(30-25)31(2)3/h4-10,17-18H,11-15,26H2,1-3H3,(H,27,32)(H,28,29,30)/t17-,18+. The maximum Gasteiger partial charge on any atom is 0.253 e. The number of para-hydroxylation sites is 1. The molecule has 0 aliphatic heterocycles. The lowest BCUT2D eigenvalue weighted by Crippen LogP contribution is -2.34. The number of amides is 1. The van der Waals surface area contributed by atoms with E-state index in [0.717, 1.165) is 48.0 Å². The average Bonchev–Trinajstić information content (AvgIpc) is 2.78. The number of hydrogen-bond donors (Lipinski definition) is 3. The normalized spacial score (nSPS) is 18.3. The summed E-state index contributed by atoms with van der Waals surface area (Å²) in [6, 6.07) is 14.0. The number of nitrogens with two attached hydrogens (primary N) is 1. The van der Waals surface area contributed by atoms with Crippen molar-refractivity contribution in [3.63, 3.8) is 0 Å². The van der Waals surface area contributed by atoms with E-state index in [9.17, 15) is 4.79 Å². The van der Waals surface area contributed by atoms with E-state index in [4.69, 9.17) is 15.7 Å². The Kier molecular flexibility index (Phi) is 6.44. The number of nitrogen functional groups attached to an aromatic ring is 1. The summed E-state index contributed by atoms with van der Waals surface area (Å²) in [5.41, 5.74) is 8.97. The second kappa shape index (κ2) is 9.42. The van der Waals surface area contributed by atoms with Crippen LogP contribution >= 0.6 is 0 Å². The van der Waals surface area contributed by atoms with Crippen LogP contribution in [-0.4, -0.2) is 42.6 Å². The lowest BCUT2D eigenvalue weighted by molar-refractivity contribution is 0.0943. The summed E-state index contributed by atoms with van der Waals surface area (Å²) < 4.78 is 0. The molecule has 168 valence electrons. The van der Waals surface area contributed by atoms with Crippen molar-refractivity contribution in [3.05, 3.63) is 53.6 Å². The maximum atomic E-state index is 12.6. The van der Waals surface area contributed by atoms with Crippen LogP contribution < -0.4 is 21.3 Å². The topological polar surface area (TPSA) is 96.2 Å². The number of nitrogens with one attached hydrogen (secondary N) is 2. The Hall–Kier alpha value is -3.35. The van der Waals surface area contributed by atoms with Crippen molar-refractivity contribution in [1.29, 1.82) is 0 Å². The number of carbonyl (C=O) groups is 1. The molecule has 4 rings (SSSR count). The molecule has 1 aliphatic carbocycles. The highest BCUT2D eigenvalue weighted by molar-refractivity contribution is 6.00. The van der Waals surface area contributed by atoms with E-state index in [0.29, 0.717) is 35.7 Å². The van der Waals surface area contributed by atoms with Gasteiger partial charge in [0.25, 0.3) is 5.91 Å². The van der Waals surface area contributed by atoms with Gasteiger partial charge in [-0.2, -0.15) is 4.98 Å². The highest BCUT2D eigenvalue weighted by Crippen LogP contribution is 2.28. The predicted molar refractivity (Wildman–Crippen MR) is 131 cm³/mol. The molecule has 1 aliphatic rings. The molecule has 4 N–H and O–H groups in total. The first-order valence-electron chi connectivity index (χ1n) is 11.3. The first kappa shape index (κ1) is 21.9. The summed E-state index contributed by atoms with van der Waals surface area (Å²) in [5.74, 6) is 1.99. The molecular formula is C25H32N6O. The fourth-order valence-electron chi connectivity index (χ4n) is 4.48. The highest BCUT2D eigenvalue weighted by atomic mass is 16.1. The Bertz CT molecular complexity index is 1080. The first-order valence-corrected chi connectivity index (χ1v) is 11.3. The minimum Gasteiger partial charge on any atom is -0.398 e. The van der Waals surface area contributed by atoms with Crippen LogP contribution in [0.5, 0.6) is 0 Å². The highest BCUT2D eigenvalue weighted by Gasteiger charge is 2.23. The van der Waals surface area contributed by atoms with Gasteiger partial charge in [0.15, 0.2) is 0 Å². The number of rotatable bonds is 6. The molecule has 1 saturated carbocycles. The second-order valence-corrected chi connectivity index (χ2v) is 8.89. The van der Waals surface area contributed by atoms with Crippen LogP contribution in [0.15, 0.2) is 42.5 Å². The van der Waals surface area contributed by atoms with Gasteiger partial charge >= 0.3 is 0 Å². The second-order valence-electron chi connectivity index (χ2n) is 8.89. The third-order valence-corrected chi connectivity index (χ3v) is 6.27. The smallest absolute Gasteiger partial charge is 0.253 e. The quantitative estimate of drug-likeness (QED) is 0.510. The Labute approximate surface area is 189 Å². The largest absolute Gasteiger partial charge is 0.398 e. The summed E-state index contributed by atoms with van der Waals surface area (Å²) in [6.07, 6.45) is 4.16. The number of benzene rings is 2. The summed E-state index contributed by atoms with van der Waals surface area (Å²) in [7, 11) is 4.01. The van der Waals surface area contributed by atoms with Gasteiger partial charge in [0, 0.05) is 37.8 Å². The van der Waals surface area contributed by atoms with Crippen LogP contribution in [0.1, 0.15) is 41.6 Å². The predicted octanol–water partition coefficient (Wildman–Crippen LogP) is 3.99. The number of hydrogen-bond acceptors (Lipinski definition) is 6. The van der Waals surface area contributed by atoms with Gasteiger partial charge in [-0.3, -0.25) is 4.79 Å². The van der Waals surface area contributed by atoms with E-state index in [1.54, 1.807) is 6.07 Å². The lowest BCUT2D eigenvalue weighted by Gasteiger charge is -2.29. The van der Waals surface area contributed by atoms with E-state index in [-0.39, 0.29) is 5.91 Å². The molecule has 7 nitrogen and oxygen atoms in total. The van der Waals surface area contributed by atoms with Gasteiger partial charge in [-0.1, -0.05) is 24.3 Å². The van der Waals surface area contributed by atoms with Crippen molar-refractivity contribution < 1.29 is 4.79 Å². The zero-order valence-corrected chi connectivity index (χ0v) is 19.1. The first-order chi connectivity index (χ1) is 15.4. The van der Waals surface area contributed by atoms with Gasteiger partial charge in [0.1, 0.15) is 5.82 Å². The summed E-state index contributed by atoms with van der Waals surface area (Å²) in [6.45, 7) is 2.59. The molecule has 3 aromatic rings. The third-order valence-electron chi connectivity index (χ3n) is 6.27. The van der Waals surface area contributed by atoms with Gasteiger partial charge in [0.2, 0.25) is 5.95 Å². The molecule has 0 radical (unpaired) electrons. The van der Waals surface area contributed by atoms with Crippen LogP contribution in [0, 0.1) is 12.8 Å². The Morgan fingerprint density at radius 3 is 2.53 bits per heavy atom. The minimum atomic E-state index is -0.0818. The average molecular weight is 433 g/mol. The molecule has 7 heteroatoms. The van der Waals surface area contributed by atoms with E-state index in [2.05, 4.69) is 16.7 Å². The van der Waals surface area contributed by atoms with E-state index >= 15 is 0 Å². The van der Waals surface area contributed by atoms with Gasteiger partial charge in [-0.05, 0) is 62.3 Å². The van der Waals surface area contributed by atoms with Crippen LogP contribution in [0.25, 0.3) is 10.9 Å². The Morgan fingerprint density at radius 2 is 1.81 bits per heavy atom. The van der Waals surface area contributed by atoms with Crippen LogP contribution in [0.4, 0.5) is 17.5 Å². The monoisotopic (exact) mass is 432 g/mol. The number of anilines is 3. The number of nitrogens with zero attached hydrogens (tertiary/aromatic N) is 3. The molecular weight excluding hydrogens is 400 g/mol. The molecule has 0 atom stereocenters. The minimum absolute atomic E-state index is 0.0818. The number of aryl methyl sites for hydroxylation is 1. The number of carbonyl (C=O) groups excluding carboxylic acids is 1. The van der Waals surface area contributed by atoms with Crippen molar-refractivity contribution in [2.45, 2.75) is 38.6 Å². The van der Waals surface area contributed by atoms with Gasteiger partial charge in [-0.15, -0.1) is 0 Å². The van der Waals surface area contributed by atoms with Crippen molar-refractivity contribution in [1.82, 2.24) is 15.3 Å². The lowest BCUT2D eigenvalue weighted by atomic mass is 9.86. The zero-order valence-electron chi connectivity index (χ0n) is 19.1. The molecule has 0 spiro atoms. The summed E-state index contributed by atoms with van der Waals surface area (Å²) in [4.78, 5) is 24.1. The number of aromatic nitrogens is 2. The molecule has 0 saturated heterocycles. The molecule has 0 unspecified atom stereocenters. The fourth-order valence-corrected chi connectivity index (χ4v) is 4.48. The molecule has 1 aromatic heterocycles. The maximum absolute atomic E-state index is 12.6. The Balaban J connectivity index is 1.33. The molecule has 1 heterocycles. The number of fused-ring (bicyclic) bond motifs is 1. The van der Waals surface area contributed by atoms with E-state index in [1.165, 1.54) is 0 Å². The van der Waals surface area contributed by atoms with Crippen molar-refractivity contribution >= 4 is 34.3 Å². The van der Waals surface area contributed by atoms with Crippen molar-refractivity contribution in [3.8, 4) is 0 Å². The van der Waals surface area contributed by atoms with E-state index < -0.39 is 0 Å². The zero-order chi connectivity index (χ0) is 22.7. The Morgan fingerprint density at radius 1 is 1.06 bits per heavy atom. The van der Waals surface area contributed by atoms with Crippen molar-refractivity contribution in [2.24, 2.45) is 5.92 Å². The van der Waals surface area contributed by atoms with Gasteiger partial charge < -0.3 is 21.3 Å². The third kappa shape index (κ3) is 4.77. The molecule has 1 amide bonds. The van der Waals surface area contributed by atoms with E-state index in [1.807, 2.05) is 56.3 Å². The SMILES string of the molecule is Cc1cccc(N)c1C(=O)NC[C@H]1CC[C@@H](Nc2nc(N(C)C)c3ccccc3n2)CC1. The molecule has 0 bridgehead atoms. The van der Waals surface area contributed by atoms with Gasteiger partial charge in [0.05, 0.1) is 11.1 Å². The van der Waals surface area contributed by atoms with Gasteiger partial charge in [-0.25, -0.2) is 4.98 Å². The molecule has 2 aromatic carbocycles. The summed E-state index contributed by atoms with van der Waals surface area (Å²) in [5, 5.41) is 7.68.